The van der Waals surface area contributed by atoms with Gasteiger partial charge in [-0.3, -0.25) is 0 Å². The third-order valence-electron chi connectivity index (χ3n) is 2.81. The first-order chi connectivity index (χ1) is 7.40. The predicted octanol–water partition coefficient (Wildman–Crippen LogP) is 3.36. The molecule has 0 unspecified atom stereocenters. The molecule has 2 heteroatoms. The van der Waals surface area contributed by atoms with Crippen molar-refractivity contribution in [1.82, 2.24) is 4.98 Å². The van der Waals surface area contributed by atoms with Crippen LogP contribution in [0.1, 0.15) is 0 Å². The molecule has 0 spiro atoms. The largest absolute Gasteiger partial charge is 0.386 e. The summed E-state index contributed by atoms with van der Waals surface area (Å²) in [6.45, 7) is 0. The van der Waals surface area contributed by atoms with Crippen molar-refractivity contribution >= 4 is 27.5 Å². The zero-order valence-corrected chi connectivity index (χ0v) is 8.54. The van der Waals surface area contributed by atoms with Crippen LogP contribution in [0.2, 0.25) is 0 Å². The van der Waals surface area contributed by atoms with E-state index < -0.39 is 0 Å². The Hall–Kier alpha value is -1.96. The molecule has 0 atom stereocenters. The van der Waals surface area contributed by atoms with E-state index in [1.807, 2.05) is 7.05 Å². The Kier molecular flexibility index (Phi) is 1.68. The summed E-state index contributed by atoms with van der Waals surface area (Å²) in [6.07, 6.45) is 0. The normalized spacial score (nSPS) is 11.0. The van der Waals surface area contributed by atoms with Crippen molar-refractivity contribution in [2.45, 2.75) is 0 Å². The van der Waals surface area contributed by atoms with E-state index in [0.29, 0.717) is 0 Å². The van der Waals surface area contributed by atoms with E-state index in [2.05, 4.69) is 52.8 Å². The molecule has 0 aliphatic rings. The summed E-state index contributed by atoms with van der Waals surface area (Å²) < 4.78 is 0. The van der Waals surface area contributed by atoms with Gasteiger partial charge in [-0.25, -0.2) is 0 Å². The first-order valence-electron chi connectivity index (χ1n) is 5.07. The quantitative estimate of drug-likeness (QED) is 0.613. The number of benzene rings is 2. The van der Waals surface area contributed by atoms with Gasteiger partial charge in [-0.05, 0) is 12.1 Å². The third kappa shape index (κ3) is 1.11. The van der Waals surface area contributed by atoms with Crippen LogP contribution in [-0.2, 0) is 0 Å². The predicted molar refractivity (Wildman–Crippen MR) is 65.4 cm³/mol. The van der Waals surface area contributed by atoms with Gasteiger partial charge in [0.05, 0.1) is 11.2 Å². The molecule has 3 aromatic rings. The fourth-order valence-corrected chi connectivity index (χ4v) is 2.08. The Morgan fingerprint density at radius 1 is 0.933 bits per heavy atom. The first-order valence-corrected chi connectivity index (χ1v) is 5.07. The van der Waals surface area contributed by atoms with Gasteiger partial charge in [0.1, 0.15) is 0 Å². The lowest BCUT2D eigenvalue weighted by atomic mass is 10.1. The van der Waals surface area contributed by atoms with Crippen molar-refractivity contribution in [2.24, 2.45) is 0 Å². The Morgan fingerprint density at radius 2 is 1.73 bits per heavy atom. The Balaban J connectivity index is 2.53. The second kappa shape index (κ2) is 3.02. The van der Waals surface area contributed by atoms with Gasteiger partial charge in [0.2, 0.25) is 0 Å². The minimum Gasteiger partial charge on any atom is -0.386 e. The molecule has 2 N–H and O–H groups in total. The van der Waals surface area contributed by atoms with Crippen LogP contribution >= 0.6 is 0 Å². The van der Waals surface area contributed by atoms with Crippen LogP contribution in [0.3, 0.4) is 0 Å². The van der Waals surface area contributed by atoms with Gasteiger partial charge in [0.15, 0.2) is 0 Å². The van der Waals surface area contributed by atoms with Gasteiger partial charge in [0.25, 0.3) is 0 Å². The fraction of sp³-hybridized carbons (Fsp3) is 0.0769. The van der Waals surface area contributed by atoms with Crippen LogP contribution in [0.5, 0.6) is 0 Å². The van der Waals surface area contributed by atoms with E-state index in [-0.39, 0.29) is 0 Å². The molecular formula is C13H12N2. The van der Waals surface area contributed by atoms with Crippen LogP contribution in [0.15, 0.2) is 42.5 Å². The maximum Gasteiger partial charge on any atom is 0.0700 e. The molecule has 0 radical (unpaired) electrons. The van der Waals surface area contributed by atoms with Gasteiger partial charge in [0, 0.05) is 23.3 Å². The highest BCUT2D eigenvalue weighted by Crippen LogP contribution is 2.29. The third-order valence-corrected chi connectivity index (χ3v) is 2.81. The van der Waals surface area contributed by atoms with Crippen molar-refractivity contribution in [3.8, 4) is 0 Å². The molecule has 0 aliphatic carbocycles. The van der Waals surface area contributed by atoms with Crippen molar-refractivity contribution in [1.29, 1.82) is 0 Å². The average molecular weight is 196 g/mol. The van der Waals surface area contributed by atoms with Gasteiger partial charge >= 0.3 is 0 Å². The Labute approximate surface area is 87.9 Å². The van der Waals surface area contributed by atoms with E-state index in [1.165, 1.54) is 21.8 Å². The van der Waals surface area contributed by atoms with Crippen molar-refractivity contribution < 1.29 is 0 Å². The number of hydrogen-bond acceptors (Lipinski definition) is 1. The molecule has 3 rings (SSSR count). The van der Waals surface area contributed by atoms with E-state index in [9.17, 15) is 0 Å². The number of para-hydroxylation sites is 2. The molecule has 0 amide bonds. The van der Waals surface area contributed by atoms with Gasteiger partial charge in [-0.2, -0.15) is 0 Å². The second-order valence-corrected chi connectivity index (χ2v) is 3.65. The highest BCUT2D eigenvalue weighted by atomic mass is 14.9. The van der Waals surface area contributed by atoms with E-state index in [0.717, 1.165) is 5.69 Å². The first kappa shape index (κ1) is 8.36. The summed E-state index contributed by atoms with van der Waals surface area (Å²) in [4.78, 5) is 3.44. The minimum atomic E-state index is 1.14. The minimum absolute atomic E-state index is 1.14. The maximum atomic E-state index is 3.44. The summed E-state index contributed by atoms with van der Waals surface area (Å²) in [7, 11) is 1.94. The summed E-state index contributed by atoms with van der Waals surface area (Å²) in [5.41, 5.74) is 3.51. The maximum absolute atomic E-state index is 3.44. The monoisotopic (exact) mass is 196 g/mol. The van der Waals surface area contributed by atoms with Gasteiger partial charge in [-0.15, -0.1) is 0 Å². The van der Waals surface area contributed by atoms with Gasteiger partial charge < -0.3 is 10.3 Å². The number of rotatable bonds is 1. The topological polar surface area (TPSA) is 27.8 Å². The smallest absolute Gasteiger partial charge is 0.0700 e. The van der Waals surface area contributed by atoms with Gasteiger partial charge in [-0.1, -0.05) is 30.3 Å². The fourth-order valence-electron chi connectivity index (χ4n) is 2.08. The van der Waals surface area contributed by atoms with Crippen molar-refractivity contribution in [3.05, 3.63) is 42.5 Å². The highest BCUT2D eigenvalue weighted by Gasteiger charge is 2.05. The molecule has 0 aliphatic heterocycles. The molecule has 74 valence electrons. The van der Waals surface area contributed by atoms with Crippen LogP contribution < -0.4 is 5.32 Å². The van der Waals surface area contributed by atoms with Crippen molar-refractivity contribution in [2.75, 3.05) is 12.4 Å². The van der Waals surface area contributed by atoms with E-state index in [1.54, 1.807) is 0 Å². The molecule has 1 aromatic heterocycles. The lowest BCUT2D eigenvalue weighted by Crippen LogP contribution is -1.87. The van der Waals surface area contributed by atoms with E-state index >= 15 is 0 Å². The molecule has 0 bridgehead atoms. The Morgan fingerprint density at radius 3 is 2.60 bits per heavy atom. The molecule has 1 heterocycles. The molecule has 0 saturated heterocycles. The summed E-state index contributed by atoms with van der Waals surface area (Å²) >= 11 is 0. The molecular weight excluding hydrogens is 184 g/mol. The zero-order valence-electron chi connectivity index (χ0n) is 8.54. The Bertz CT molecular complexity index is 623. The number of fused-ring (bicyclic) bond motifs is 3. The number of anilines is 1. The van der Waals surface area contributed by atoms with Crippen LogP contribution in [-0.4, -0.2) is 12.0 Å². The molecule has 2 aromatic carbocycles. The molecule has 0 saturated carbocycles. The van der Waals surface area contributed by atoms with E-state index in [4.69, 9.17) is 0 Å². The standard InChI is InChI=1S/C13H12N2/c1-14-12-8-4-6-10-9-5-2-3-7-11(9)15-13(10)12/h2-8,14-15H,1H3. The van der Waals surface area contributed by atoms with Crippen LogP contribution in [0.25, 0.3) is 21.8 Å². The summed E-state index contributed by atoms with van der Waals surface area (Å²) in [5.74, 6) is 0. The summed E-state index contributed by atoms with van der Waals surface area (Å²) in [5, 5.41) is 5.76. The molecule has 0 fully saturated rings. The molecule has 15 heavy (non-hydrogen) atoms. The average Bonchev–Trinajstić information content (AvgIpc) is 2.67. The number of H-pyrrole nitrogens is 1. The van der Waals surface area contributed by atoms with Crippen LogP contribution in [0, 0.1) is 0 Å². The number of hydrogen-bond donors (Lipinski definition) is 2. The number of nitrogens with one attached hydrogen (secondary N) is 2. The molecule has 2 nitrogen and oxygen atoms in total. The lowest BCUT2D eigenvalue weighted by molar-refractivity contribution is 1.49. The number of aromatic nitrogens is 1. The highest BCUT2D eigenvalue weighted by molar-refractivity contribution is 6.10. The second-order valence-electron chi connectivity index (χ2n) is 3.65. The zero-order chi connectivity index (χ0) is 10.3. The lowest BCUT2D eigenvalue weighted by Gasteiger charge is -2.00. The SMILES string of the molecule is CNc1cccc2c1[nH]c1ccccc12. The number of aromatic amines is 1. The van der Waals surface area contributed by atoms with Crippen molar-refractivity contribution in [3.63, 3.8) is 0 Å². The van der Waals surface area contributed by atoms with Crippen LogP contribution in [0.4, 0.5) is 5.69 Å². The summed E-state index contributed by atoms with van der Waals surface area (Å²) in [6, 6.07) is 14.7.